The zero-order valence-corrected chi connectivity index (χ0v) is 8.82. The Labute approximate surface area is 90.6 Å². The molecule has 80 valence electrons. The molecule has 0 atom stereocenters. The summed E-state index contributed by atoms with van der Waals surface area (Å²) in [5, 5.41) is 0. The molecule has 0 aliphatic carbocycles. The van der Waals surface area contributed by atoms with Crippen LogP contribution in [0.25, 0.3) is 0 Å². The summed E-state index contributed by atoms with van der Waals surface area (Å²) in [5.41, 5.74) is 1.16. The van der Waals surface area contributed by atoms with Gasteiger partial charge in [0.05, 0.1) is 6.61 Å². The first-order chi connectivity index (χ1) is 7.33. The Morgan fingerprint density at radius 3 is 2.73 bits per heavy atom. The van der Waals surface area contributed by atoms with Gasteiger partial charge in [-0.25, -0.2) is 0 Å². The average molecular weight is 204 g/mol. The zero-order valence-electron chi connectivity index (χ0n) is 8.82. The molecule has 0 saturated carbocycles. The van der Waals surface area contributed by atoms with Crippen LogP contribution < -0.4 is 0 Å². The number of ether oxygens (including phenoxy) is 1. The van der Waals surface area contributed by atoms with Gasteiger partial charge < -0.3 is 4.74 Å². The first kappa shape index (κ1) is 11.7. The van der Waals surface area contributed by atoms with Crippen molar-refractivity contribution in [3.8, 4) is 0 Å². The maximum absolute atomic E-state index is 10.9. The summed E-state index contributed by atoms with van der Waals surface area (Å²) in [6.07, 6.45) is 2.65. The molecule has 1 aromatic carbocycles. The monoisotopic (exact) mass is 204 g/mol. The first-order valence-corrected chi connectivity index (χ1v) is 5.10. The summed E-state index contributed by atoms with van der Waals surface area (Å²) in [6.45, 7) is 4.65. The van der Waals surface area contributed by atoms with Crippen LogP contribution in [0.4, 0.5) is 0 Å². The molecule has 0 amide bonds. The lowest BCUT2D eigenvalue weighted by atomic mass is 10.2. The second kappa shape index (κ2) is 6.96. The van der Waals surface area contributed by atoms with Crippen molar-refractivity contribution >= 4 is 5.78 Å². The minimum atomic E-state index is 0.0818. The van der Waals surface area contributed by atoms with Gasteiger partial charge in [-0.05, 0) is 18.1 Å². The smallest absolute Gasteiger partial charge is 0.155 e. The van der Waals surface area contributed by atoms with Crippen molar-refractivity contribution in [3.63, 3.8) is 0 Å². The molecule has 2 heteroatoms. The number of hydrogen-bond acceptors (Lipinski definition) is 2. The second-order valence-corrected chi connectivity index (χ2v) is 3.31. The summed E-state index contributed by atoms with van der Waals surface area (Å²) in [7, 11) is 0. The van der Waals surface area contributed by atoms with Crippen LogP contribution in [-0.4, -0.2) is 12.4 Å². The molecule has 0 aromatic heterocycles. The van der Waals surface area contributed by atoms with Crippen LogP contribution in [0.5, 0.6) is 0 Å². The highest BCUT2D eigenvalue weighted by molar-refractivity contribution is 5.88. The molecule has 0 saturated heterocycles. The van der Waals surface area contributed by atoms with E-state index in [0.29, 0.717) is 19.6 Å². The lowest BCUT2D eigenvalue weighted by Crippen LogP contribution is -1.99. The van der Waals surface area contributed by atoms with Gasteiger partial charge in [0.2, 0.25) is 0 Å². The quantitative estimate of drug-likeness (QED) is 0.504. The number of rotatable bonds is 7. The Balaban J connectivity index is 2.07. The average Bonchev–Trinajstić information content (AvgIpc) is 2.29. The second-order valence-electron chi connectivity index (χ2n) is 3.31. The number of hydrogen-bond donors (Lipinski definition) is 0. The first-order valence-electron chi connectivity index (χ1n) is 5.10. The van der Waals surface area contributed by atoms with Crippen LogP contribution >= 0.6 is 0 Å². The van der Waals surface area contributed by atoms with Crippen molar-refractivity contribution in [3.05, 3.63) is 48.6 Å². The zero-order chi connectivity index (χ0) is 10.9. The van der Waals surface area contributed by atoms with Gasteiger partial charge in [0, 0.05) is 13.0 Å². The third kappa shape index (κ3) is 5.13. The van der Waals surface area contributed by atoms with E-state index in [4.69, 9.17) is 4.74 Å². The molecule has 0 bridgehead atoms. The van der Waals surface area contributed by atoms with Crippen molar-refractivity contribution in [2.75, 3.05) is 6.61 Å². The highest BCUT2D eigenvalue weighted by atomic mass is 16.5. The number of allylic oxidation sites excluding steroid dienone is 1. The van der Waals surface area contributed by atoms with E-state index in [2.05, 4.69) is 6.58 Å². The molecule has 15 heavy (non-hydrogen) atoms. The van der Waals surface area contributed by atoms with E-state index >= 15 is 0 Å². The molecule has 0 radical (unpaired) electrons. The number of ketones is 1. The van der Waals surface area contributed by atoms with Crippen LogP contribution in [0.2, 0.25) is 0 Å². The minimum Gasteiger partial charge on any atom is -0.377 e. The van der Waals surface area contributed by atoms with E-state index in [1.807, 2.05) is 30.3 Å². The molecule has 1 aromatic rings. The van der Waals surface area contributed by atoms with Gasteiger partial charge in [-0.1, -0.05) is 36.9 Å². The summed E-state index contributed by atoms with van der Waals surface area (Å²) >= 11 is 0. The largest absolute Gasteiger partial charge is 0.377 e. The molecule has 0 spiro atoms. The predicted molar refractivity (Wildman–Crippen MR) is 60.5 cm³/mol. The number of benzene rings is 1. The SMILES string of the molecule is C=CC(=O)CCCOCc1ccccc1. The highest BCUT2D eigenvalue weighted by Crippen LogP contribution is 2.01. The number of carbonyl (C=O) groups excluding carboxylic acids is 1. The molecular weight excluding hydrogens is 188 g/mol. The molecule has 2 nitrogen and oxygen atoms in total. The Morgan fingerprint density at radius 1 is 1.33 bits per heavy atom. The van der Waals surface area contributed by atoms with Crippen LogP contribution in [0, 0.1) is 0 Å². The van der Waals surface area contributed by atoms with Crippen molar-refractivity contribution in [1.29, 1.82) is 0 Å². The molecule has 1 rings (SSSR count). The van der Waals surface area contributed by atoms with Crippen LogP contribution in [0.1, 0.15) is 18.4 Å². The van der Waals surface area contributed by atoms with Gasteiger partial charge >= 0.3 is 0 Å². The van der Waals surface area contributed by atoms with Crippen molar-refractivity contribution in [1.82, 2.24) is 0 Å². The topological polar surface area (TPSA) is 26.3 Å². The third-order valence-electron chi connectivity index (χ3n) is 2.05. The molecule has 0 N–H and O–H groups in total. The van der Waals surface area contributed by atoms with Crippen LogP contribution in [0.15, 0.2) is 43.0 Å². The van der Waals surface area contributed by atoms with Crippen LogP contribution in [0.3, 0.4) is 0 Å². The fourth-order valence-corrected chi connectivity index (χ4v) is 1.21. The van der Waals surface area contributed by atoms with Gasteiger partial charge in [-0.2, -0.15) is 0 Å². The van der Waals surface area contributed by atoms with Gasteiger partial charge in [0.15, 0.2) is 5.78 Å². The van der Waals surface area contributed by atoms with Crippen molar-refractivity contribution < 1.29 is 9.53 Å². The Kier molecular flexibility index (Phi) is 5.41. The van der Waals surface area contributed by atoms with Gasteiger partial charge in [0.25, 0.3) is 0 Å². The molecule has 0 heterocycles. The van der Waals surface area contributed by atoms with Crippen molar-refractivity contribution in [2.24, 2.45) is 0 Å². The van der Waals surface area contributed by atoms with E-state index in [-0.39, 0.29) is 5.78 Å². The van der Waals surface area contributed by atoms with E-state index in [0.717, 1.165) is 12.0 Å². The standard InChI is InChI=1S/C13H16O2/c1-2-13(14)9-6-10-15-11-12-7-4-3-5-8-12/h2-5,7-8H,1,6,9-11H2. The summed E-state index contributed by atoms with van der Waals surface area (Å²) in [6, 6.07) is 10.00. The van der Waals surface area contributed by atoms with E-state index in [9.17, 15) is 4.79 Å². The molecule has 0 aliphatic rings. The van der Waals surface area contributed by atoms with Crippen LogP contribution in [-0.2, 0) is 16.1 Å². The number of carbonyl (C=O) groups is 1. The lowest BCUT2D eigenvalue weighted by molar-refractivity contribution is -0.114. The molecular formula is C13H16O2. The molecule has 0 fully saturated rings. The molecule has 0 unspecified atom stereocenters. The Morgan fingerprint density at radius 2 is 2.07 bits per heavy atom. The van der Waals surface area contributed by atoms with Crippen molar-refractivity contribution in [2.45, 2.75) is 19.4 Å². The van der Waals surface area contributed by atoms with E-state index in [1.165, 1.54) is 6.08 Å². The Bertz CT molecular complexity index is 304. The maximum atomic E-state index is 10.9. The predicted octanol–water partition coefficient (Wildman–Crippen LogP) is 2.74. The summed E-state index contributed by atoms with van der Waals surface area (Å²) in [5.74, 6) is 0.0818. The summed E-state index contributed by atoms with van der Waals surface area (Å²) in [4.78, 5) is 10.9. The van der Waals surface area contributed by atoms with Gasteiger partial charge in [0.1, 0.15) is 0 Å². The lowest BCUT2D eigenvalue weighted by Gasteiger charge is -2.02. The minimum absolute atomic E-state index is 0.0818. The Hall–Kier alpha value is -1.41. The molecule has 0 aliphatic heterocycles. The van der Waals surface area contributed by atoms with E-state index in [1.54, 1.807) is 0 Å². The highest BCUT2D eigenvalue weighted by Gasteiger charge is 1.96. The third-order valence-corrected chi connectivity index (χ3v) is 2.05. The van der Waals surface area contributed by atoms with Gasteiger partial charge in [-0.15, -0.1) is 0 Å². The normalized spacial score (nSPS) is 9.87. The summed E-state index contributed by atoms with van der Waals surface area (Å²) < 4.78 is 5.43. The fraction of sp³-hybridized carbons (Fsp3) is 0.308. The van der Waals surface area contributed by atoms with Gasteiger partial charge in [-0.3, -0.25) is 4.79 Å². The van der Waals surface area contributed by atoms with E-state index < -0.39 is 0 Å². The fourth-order valence-electron chi connectivity index (χ4n) is 1.21. The maximum Gasteiger partial charge on any atom is 0.155 e.